The van der Waals surface area contributed by atoms with Gasteiger partial charge in [-0.1, -0.05) is 23.8 Å². The third kappa shape index (κ3) is 5.44. The average Bonchev–Trinajstić information content (AvgIpc) is 2.75. The van der Waals surface area contributed by atoms with Gasteiger partial charge in [0.2, 0.25) is 0 Å². The van der Waals surface area contributed by atoms with Crippen molar-refractivity contribution in [3.63, 3.8) is 0 Å². The molecule has 31 heavy (non-hydrogen) atoms. The van der Waals surface area contributed by atoms with Crippen molar-refractivity contribution >= 4 is 21.6 Å². The van der Waals surface area contributed by atoms with E-state index in [0.29, 0.717) is 17.0 Å². The average molecular weight is 439 g/mol. The first-order valence-electron chi connectivity index (χ1n) is 9.84. The van der Waals surface area contributed by atoms with Crippen LogP contribution in [0.4, 0.5) is 5.69 Å². The minimum absolute atomic E-state index is 0.123. The quantitative estimate of drug-likeness (QED) is 0.564. The molecule has 1 atom stereocenters. The predicted octanol–water partition coefficient (Wildman–Crippen LogP) is 4.60. The van der Waals surface area contributed by atoms with Crippen LogP contribution in [-0.4, -0.2) is 21.4 Å². The Balaban J connectivity index is 1.69. The number of carbonyl (C=O) groups excluding carboxylic acids is 1. The molecule has 0 aliphatic carbocycles. The number of carbonyl (C=O) groups is 1. The summed E-state index contributed by atoms with van der Waals surface area (Å²) < 4.78 is 32.7. The van der Waals surface area contributed by atoms with Gasteiger partial charge in [-0.25, -0.2) is 8.42 Å². The smallest absolute Gasteiger partial charge is 0.261 e. The van der Waals surface area contributed by atoms with Crippen LogP contribution in [0.5, 0.6) is 5.75 Å². The summed E-state index contributed by atoms with van der Waals surface area (Å²) in [5.74, 6) is 0.349. The number of aryl methyl sites for hydroxylation is 2. The van der Waals surface area contributed by atoms with E-state index in [1.165, 1.54) is 19.2 Å². The number of hydrogen-bond acceptors (Lipinski definition) is 4. The van der Waals surface area contributed by atoms with Crippen LogP contribution in [0.2, 0.25) is 0 Å². The van der Waals surface area contributed by atoms with E-state index >= 15 is 0 Å². The minimum atomic E-state index is -3.74. The first kappa shape index (κ1) is 22.4. The molecular weight excluding hydrogens is 412 g/mol. The lowest BCUT2D eigenvalue weighted by atomic mass is 9.99. The molecule has 1 unspecified atom stereocenters. The summed E-state index contributed by atoms with van der Waals surface area (Å²) in [6, 6.07) is 18.4. The van der Waals surface area contributed by atoms with Gasteiger partial charge in [0.25, 0.3) is 15.9 Å². The SMILES string of the molecule is COc1ccc(S(=O)(=O)Nc2ccc(C(=O)NC(C)c3cc(C)ccc3C)cc2)cc1. The van der Waals surface area contributed by atoms with Gasteiger partial charge in [0.1, 0.15) is 5.75 Å². The number of hydrogen-bond donors (Lipinski definition) is 2. The van der Waals surface area contributed by atoms with Gasteiger partial charge in [-0.05, 0) is 80.4 Å². The molecule has 6 nitrogen and oxygen atoms in total. The molecule has 0 aliphatic rings. The first-order valence-corrected chi connectivity index (χ1v) is 11.3. The van der Waals surface area contributed by atoms with Crippen LogP contribution >= 0.6 is 0 Å². The second kappa shape index (κ2) is 9.22. The van der Waals surface area contributed by atoms with E-state index in [0.717, 1.165) is 16.7 Å². The van der Waals surface area contributed by atoms with Crippen LogP contribution in [0.25, 0.3) is 0 Å². The number of sulfonamides is 1. The highest BCUT2D eigenvalue weighted by Crippen LogP contribution is 2.21. The van der Waals surface area contributed by atoms with E-state index in [-0.39, 0.29) is 16.8 Å². The van der Waals surface area contributed by atoms with Crippen molar-refractivity contribution < 1.29 is 17.9 Å². The third-order valence-electron chi connectivity index (χ3n) is 5.02. The molecule has 0 aromatic heterocycles. The van der Waals surface area contributed by atoms with Crippen molar-refractivity contribution in [3.05, 3.63) is 89.0 Å². The maximum Gasteiger partial charge on any atom is 0.261 e. The zero-order valence-electron chi connectivity index (χ0n) is 18.0. The summed E-state index contributed by atoms with van der Waals surface area (Å²) >= 11 is 0. The van der Waals surface area contributed by atoms with Crippen molar-refractivity contribution in [2.24, 2.45) is 0 Å². The summed E-state index contributed by atoms with van der Waals surface area (Å²) in [6.45, 7) is 5.97. The lowest BCUT2D eigenvalue weighted by Gasteiger charge is -2.17. The Morgan fingerprint density at radius 3 is 2.19 bits per heavy atom. The summed E-state index contributed by atoms with van der Waals surface area (Å²) in [4.78, 5) is 12.8. The van der Waals surface area contributed by atoms with Crippen LogP contribution in [0.3, 0.4) is 0 Å². The summed E-state index contributed by atoms with van der Waals surface area (Å²) in [6.07, 6.45) is 0. The van der Waals surface area contributed by atoms with E-state index < -0.39 is 10.0 Å². The second-order valence-electron chi connectivity index (χ2n) is 7.41. The number of ether oxygens (including phenoxy) is 1. The minimum Gasteiger partial charge on any atom is -0.497 e. The molecule has 0 spiro atoms. The van der Waals surface area contributed by atoms with Crippen molar-refractivity contribution in [2.45, 2.75) is 31.7 Å². The second-order valence-corrected chi connectivity index (χ2v) is 9.10. The fourth-order valence-electron chi connectivity index (χ4n) is 3.24. The van der Waals surface area contributed by atoms with Gasteiger partial charge in [0.15, 0.2) is 0 Å². The molecule has 2 N–H and O–H groups in total. The normalized spacial score (nSPS) is 12.1. The van der Waals surface area contributed by atoms with Gasteiger partial charge >= 0.3 is 0 Å². The van der Waals surface area contributed by atoms with Crippen LogP contribution < -0.4 is 14.8 Å². The number of nitrogens with one attached hydrogen (secondary N) is 2. The molecule has 3 aromatic rings. The highest BCUT2D eigenvalue weighted by Gasteiger charge is 2.16. The van der Waals surface area contributed by atoms with E-state index in [9.17, 15) is 13.2 Å². The molecule has 7 heteroatoms. The van der Waals surface area contributed by atoms with E-state index in [1.807, 2.05) is 32.9 Å². The Morgan fingerprint density at radius 1 is 0.935 bits per heavy atom. The van der Waals surface area contributed by atoms with Gasteiger partial charge < -0.3 is 10.1 Å². The molecule has 3 aromatic carbocycles. The van der Waals surface area contributed by atoms with Crippen molar-refractivity contribution in [1.29, 1.82) is 0 Å². The van der Waals surface area contributed by atoms with Gasteiger partial charge in [0, 0.05) is 11.3 Å². The molecule has 3 rings (SSSR count). The maximum atomic E-state index is 12.6. The summed E-state index contributed by atoms with van der Waals surface area (Å²) in [7, 11) is -2.23. The van der Waals surface area contributed by atoms with Crippen LogP contribution in [-0.2, 0) is 10.0 Å². The molecule has 0 heterocycles. The molecule has 0 fully saturated rings. The Morgan fingerprint density at radius 2 is 1.58 bits per heavy atom. The van der Waals surface area contributed by atoms with Gasteiger partial charge in [-0.2, -0.15) is 0 Å². The lowest BCUT2D eigenvalue weighted by Crippen LogP contribution is -2.27. The van der Waals surface area contributed by atoms with E-state index in [1.54, 1.807) is 36.4 Å². The molecule has 1 amide bonds. The molecule has 0 bridgehead atoms. The molecule has 162 valence electrons. The molecule has 0 radical (unpaired) electrons. The highest BCUT2D eigenvalue weighted by atomic mass is 32.2. The van der Waals surface area contributed by atoms with Crippen molar-refractivity contribution in [2.75, 3.05) is 11.8 Å². The number of rotatable bonds is 7. The Hall–Kier alpha value is -3.32. The topological polar surface area (TPSA) is 84.5 Å². The number of methoxy groups -OCH3 is 1. The largest absolute Gasteiger partial charge is 0.497 e. The molecule has 0 saturated carbocycles. The van der Waals surface area contributed by atoms with E-state index in [2.05, 4.69) is 16.1 Å². The lowest BCUT2D eigenvalue weighted by molar-refractivity contribution is 0.0940. The zero-order valence-corrected chi connectivity index (χ0v) is 18.8. The number of benzene rings is 3. The maximum absolute atomic E-state index is 12.6. The van der Waals surface area contributed by atoms with Crippen LogP contribution in [0, 0.1) is 13.8 Å². The van der Waals surface area contributed by atoms with E-state index in [4.69, 9.17) is 4.74 Å². The molecule has 0 saturated heterocycles. The number of anilines is 1. The predicted molar refractivity (Wildman–Crippen MR) is 122 cm³/mol. The summed E-state index contributed by atoms with van der Waals surface area (Å²) in [5, 5.41) is 3.00. The monoisotopic (exact) mass is 438 g/mol. The standard InChI is InChI=1S/C24H26N2O4S/c1-16-5-6-17(2)23(15-16)18(3)25-24(27)19-7-9-20(10-8-19)26-31(28,29)22-13-11-21(30-4)12-14-22/h5-15,18,26H,1-4H3,(H,25,27). The van der Waals surface area contributed by atoms with Crippen molar-refractivity contribution in [3.8, 4) is 5.75 Å². The van der Waals surface area contributed by atoms with Crippen LogP contribution in [0.1, 0.15) is 40.0 Å². The van der Waals surface area contributed by atoms with Crippen LogP contribution in [0.15, 0.2) is 71.6 Å². The zero-order chi connectivity index (χ0) is 22.6. The van der Waals surface area contributed by atoms with Crippen molar-refractivity contribution in [1.82, 2.24) is 5.32 Å². The fourth-order valence-corrected chi connectivity index (χ4v) is 4.30. The Kier molecular flexibility index (Phi) is 6.65. The van der Waals surface area contributed by atoms with Gasteiger partial charge in [-0.3, -0.25) is 9.52 Å². The summed E-state index contributed by atoms with van der Waals surface area (Å²) in [5.41, 5.74) is 4.13. The van der Waals surface area contributed by atoms with Gasteiger partial charge in [0.05, 0.1) is 18.0 Å². The highest BCUT2D eigenvalue weighted by molar-refractivity contribution is 7.92. The number of amides is 1. The fraction of sp³-hybridized carbons (Fsp3) is 0.208. The van der Waals surface area contributed by atoms with Gasteiger partial charge in [-0.15, -0.1) is 0 Å². The first-order chi connectivity index (χ1) is 14.7. The molecular formula is C24H26N2O4S. The Labute approximate surface area is 183 Å². The third-order valence-corrected chi connectivity index (χ3v) is 6.42. The molecule has 0 aliphatic heterocycles. The Bertz CT molecular complexity index is 1170.